The van der Waals surface area contributed by atoms with Crippen LogP contribution in [0.25, 0.3) is 0 Å². The van der Waals surface area contributed by atoms with Crippen molar-refractivity contribution in [3.8, 4) is 0 Å². The summed E-state index contributed by atoms with van der Waals surface area (Å²) in [6.45, 7) is -0.105. The van der Waals surface area contributed by atoms with Gasteiger partial charge >= 0.3 is 0 Å². The van der Waals surface area contributed by atoms with Gasteiger partial charge in [0, 0.05) is 12.6 Å². The Kier molecular flexibility index (Phi) is 4.21. The monoisotopic (exact) mass is 133 g/mol. The van der Waals surface area contributed by atoms with E-state index in [4.69, 9.17) is 15.9 Å². The van der Waals surface area contributed by atoms with Gasteiger partial charge in [-0.25, -0.2) is 0 Å². The van der Waals surface area contributed by atoms with Gasteiger partial charge in [-0.3, -0.25) is 0 Å². The zero-order valence-corrected chi connectivity index (χ0v) is 5.03. The predicted octanol–water partition coefficient (Wildman–Crippen LogP) is -1.74. The van der Waals surface area contributed by atoms with Gasteiger partial charge in [0.25, 0.3) is 0 Å². The Hall–Kier alpha value is -0.450. The molecule has 0 heterocycles. The fraction of sp³-hybridized carbons (Fsp3) is 0.800. The molecule has 0 fully saturated rings. The SMILES string of the molecule is N[C@H](CCO)[C@@H](O)C=O. The zero-order valence-electron chi connectivity index (χ0n) is 5.03. The third kappa shape index (κ3) is 3.18. The van der Waals surface area contributed by atoms with E-state index in [1.807, 2.05) is 0 Å². The van der Waals surface area contributed by atoms with Crippen LogP contribution in [0.15, 0.2) is 0 Å². The van der Waals surface area contributed by atoms with E-state index in [0.717, 1.165) is 0 Å². The molecule has 0 bridgehead atoms. The first-order chi connectivity index (χ1) is 4.22. The number of hydrogen-bond acceptors (Lipinski definition) is 4. The van der Waals surface area contributed by atoms with Gasteiger partial charge in [-0.05, 0) is 6.42 Å². The maximum Gasteiger partial charge on any atom is 0.150 e. The highest BCUT2D eigenvalue weighted by Crippen LogP contribution is 1.90. The summed E-state index contributed by atoms with van der Waals surface area (Å²) in [6, 6.07) is -0.632. The molecule has 0 aromatic carbocycles. The number of aliphatic hydroxyl groups is 2. The van der Waals surface area contributed by atoms with Crippen LogP contribution in [0, 0.1) is 0 Å². The molecule has 0 aliphatic heterocycles. The predicted molar refractivity (Wildman–Crippen MR) is 31.7 cm³/mol. The standard InChI is InChI=1S/C5H11NO3/c6-4(1-2-7)5(9)3-8/h3-5,7,9H,1-2,6H2/t4-,5+/m1/s1. The van der Waals surface area contributed by atoms with Crippen LogP contribution in [-0.4, -0.2) is 35.3 Å². The lowest BCUT2D eigenvalue weighted by Gasteiger charge is -2.10. The Labute approximate surface area is 53.3 Å². The van der Waals surface area contributed by atoms with Crippen molar-refractivity contribution in [2.75, 3.05) is 6.61 Å². The number of hydrogen-bond donors (Lipinski definition) is 3. The molecule has 0 aromatic rings. The van der Waals surface area contributed by atoms with Gasteiger partial charge in [0.05, 0.1) is 0 Å². The molecule has 4 N–H and O–H groups in total. The van der Waals surface area contributed by atoms with Crippen LogP contribution < -0.4 is 5.73 Å². The van der Waals surface area contributed by atoms with E-state index in [2.05, 4.69) is 0 Å². The Morgan fingerprint density at radius 2 is 2.22 bits per heavy atom. The van der Waals surface area contributed by atoms with Crippen LogP contribution in [-0.2, 0) is 4.79 Å². The minimum atomic E-state index is -1.14. The van der Waals surface area contributed by atoms with Crippen molar-refractivity contribution < 1.29 is 15.0 Å². The van der Waals surface area contributed by atoms with Crippen LogP contribution in [0.5, 0.6) is 0 Å². The summed E-state index contributed by atoms with van der Waals surface area (Å²) in [5.41, 5.74) is 5.20. The van der Waals surface area contributed by atoms with E-state index in [9.17, 15) is 4.79 Å². The summed E-state index contributed by atoms with van der Waals surface area (Å²) in [5, 5.41) is 16.9. The molecular formula is C5H11NO3. The quantitative estimate of drug-likeness (QED) is 0.397. The van der Waals surface area contributed by atoms with Gasteiger partial charge in [0.15, 0.2) is 0 Å². The van der Waals surface area contributed by atoms with Crippen molar-refractivity contribution in [2.24, 2.45) is 5.73 Å². The molecule has 0 saturated carbocycles. The largest absolute Gasteiger partial charge is 0.396 e. The Morgan fingerprint density at radius 3 is 2.56 bits per heavy atom. The number of nitrogens with two attached hydrogens (primary N) is 1. The van der Waals surface area contributed by atoms with Crippen molar-refractivity contribution in [3.63, 3.8) is 0 Å². The highest BCUT2D eigenvalue weighted by molar-refractivity contribution is 5.56. The number of aliphatic hydroxyl groups excluding tert-OH is 2. The normalized spacial score (nSPS) is 16.8. The van der Waals surface area contributed by atoms with Crippen molar-refractivity contribution in [3.05, 3.63) is 0 Å². The molecular weight excluding hydrogens is 122 g/mol. The highest BCUT2D eigenvalue weighted by atomic mass is 16.3. The summed E-state index contributed by atoms with van der Waals surface area (Å²) in [5.74, 6) is 0. The second kappa shape index (κ2) is 4.43. The molecule has 0 aliphatic carbocycles. The minimum Gasteiger partial charge on any atom is -0.396 e. The molecule has 54 valence electrons. The van der Waals surface area contributed by atoms with E-state index in [1.54, 1.807) is 0 Å². The topological polar surface area (TPSA) is 83.6 Å². The molecule has 0 unspecified atom stereocenters. The zero-order chi connectivity index (χ0) is 7.28. The fourth-order valence-electron chi connectivity index (χ4n) is 0.421. The molecule has 4 nitrogen and oxygen atoms in total. The molecule has 0 rings (SSSR count). The molecule has 0 aliphatic rings. The summed E-state index contributed by atoms with van der Waals surface area (Å²) in [4.78, 5) is 9.81. The number of carbonyl (C=O) groups is 1. The summed E-state index contributed by atoms with van der Waals surface area (Å²) in [7, 11) is 0. The van der Waals surface area contributed by atoms with Crippen LogP contribution >= 0.6 is 0 Å². The lowest BCUT2D eigenvalue weighted by Crippen LogP contribution is -2.36. The smallest absolute Gasteiger partial charge is 0.150 e. The van der Waals surface area contributed by atoms with E-state index in [1.165, 1.54) is 0 Å². The average Bonchev–Trinajstić information content (AvgIpc) is 1.87. The van der Waals surface area contributed by atoms with Gasteiger partial charge in [-0.1, -0.05) is 0 Å². The van der Waals surface area contributed by atoms with Gasteiger partial charge in [0.2, 0.25) is 0 Å². The van der Waals surface area contributed by atoms with E-state index in [0.29, 0.717) is 6.29 Å². The van der Waals surface area contributed by atoms with Crippen LogP contribution in [0.4, 0.5) is 0 Å². The Bertz CT molecular complexity index is 86.3. The van der Waals surface area contributed by atoms with Gasteiger partial charge in [-0.15, -0.1) is 0 Å². The molecule has 0 radical (unpaired) electrons. The first-order valence-electron chi connectivity index (χ1n) is 2.72. The number of aldehydes is 1. The van der Waals surface area contributed by atoms with Crippen LogP contribution in [0.2, 0.25) is 0 Å². The van der Waals surface area contributed by atoms with Gasteiger partial charge in [-0.2, -0.15) is 0 Å². The maximum atomic E-state index is 9.81. The third-order valence-corrected chi connectivity index (χ3v) is 1.04. The van der Waals surface area contributed by atoms with E-state index in [-0.39, 0.29) is 13.0 Å². The molecule has 0 amide bonds. The molecule has 9 heavy (non-hydrogen) atoms. The van der Waals surface area contributed by atoms with Crippen molar-refractivity contribution in [2.45, 2.75) is 18.6 Å². The average molecular weight is 133 g/mol. The van der Waals surface area contributed by atoms with Crippen molar-refractivity contribution in [1.29, 1.82) is 0 Å². The van der Waals surface area contributed by atoms with Crippen LogP contribution in [0.3, 0.4) is 0 Å². The Morgan fingerprint density at radius 1 is 1.67 bits per heavy atom. The molecule has 4 heteroatoms. The molecule has 0 spiro atoms. The number of carbonyl (C=O) groups excluding carboxylic acids is 1. The second-order valence-corrected chi connectivity index (χ2v) is 1.80. The molecule has 0 aromatic heterocycles. The van der Waals surface area contributed by atoms with Gasteiger partial charge in [0.1, 0.15) is 12.4 Å². The van der Waals surface area contributed by atoms with Crippen molar-refractivity contribution >= 4 is 6.29 Å². The fourth-order valence-corrected chi connectivity index (χ4v) is 0.421. The summed E-state index contributed by atoms with van der Waals surface area (Å²) >= 11 is 0. The minimum absolute atomic E-state index is 0.105. The Balaban J connectivity index is 3.44. The van der Waals surface area contributed by atoms with E-state index < -0.39 is 12.1 Å². The second-order valence-electron chi connectivity index (χ2n) is 1.80. The summed E-state index contributed by atoms with van der Waals surface area (Å²) in [6.07, 6.45) is -0.530. The lowest BCUT2D eigenvalue weighted by atomic mass is 10.1. The van der Waals surface area contributed by atoms with E-state index >= 15 is 0 Å². The highest BCUT2D eigenvalue weighted by Gasteiger charge is 2.11. The maximum absolute atomic E-state index is 9.81. The molecule has 2 atom stereocenters. The van der Waals surface area contributed by atoms with Gasteiger partial charge < -0.3 is 20.7 Å². The third-order valence-electron chi connectivity index (χ3n) is 1.04. The summed E-state index contributed by atoms with van der Waals surface area (Å²) < 4.78 is 0. The first kappa shape index (κ1) is 8.55. The lowest BCUT2D eigenvalue weighted by molar-refractivity contribution is -0.115. The first-order valence-corrected chi connectivity index (χ1v) is 2.72. The number of rotatable bonds is 4. The van der Waals surface area contributed by atoms with Crippen LogP contribution in [0.1, 0.15) is 6.42 Å². The molecule has 0 saturated heterocycles. The van der Waals surface area contributed by atoms with Crippen molar-refractivity contribution in [1.82, 2.24) is 0 Å².